The first kappa shape index (κ1) is 12.1. The third kappa shape index (κ3) is 1.96. The quantitative estimate of drug-likeness (QED) is 0.653. The maximum Gasteiger partial charge on any atom is -0.00121 e. The van der Waals surface area contributed by atoms with Crippen LogP contribution in [0, 0.1) is 0 Å². The predicted molar refractivity (Wildman–Crippen MR) is 89.1 cm³/mol. The maximum atomic E-state index is 2.42. The Balaban J connectivity index is 1.61. The molecular weight excluding hydrogens is 259 g/mol. The summed E-state index contributed by atoms with van der Waals surface area (Å²) in [5.41, 5.74) is 5.84. The molecule has 20 heavy (non-hydrogen) atoms. The van der Waals surface area contributed by atoms with Gasteiger partial charge in [0.05, 0.1) is 0 Å². The van der Waals surface area contributed by atoms with Crippen molar-refractivity contribution in [1.82, 2.24) is 0 Å². The van der Waals surface area contributed by atoms with Crippen LogP contribution in [0.5, 0.6) is 0 Å². The third-order valence-electron chi connectivity index (χ3n) is 4.36. The SMILES string of the molecule is CP(C1=Cc2ccccc2C1)C1=Cc2ccccc2C1. The van der Waals surface area contributed by atoms with E-state index in [2.05, 4.69) is 67.3 Å². The smallest absolute Gasteiger partial charge is 0.00121 e. The summed E-state index contributed by atoms with van der Waals surface area (Å²) in [6.45, 7) is 2.42. The molecule has 0 saturated heterocycles. The zero-order valence-electron chi connectivity index (χ0n) is 11.6. The second-order valence-corrected chi connectivity index (χ2v) is 7.85. The largest absolute Gasteiger partial charge is 0.0619 e. The molecule has 0 amide bonds. The molecule has 0 heterocycles. The number of benzene rings is 2. The molecule has 0 nitrogen and oxygen atoms in total. The van der Waals surface area contributed by atoms with Gasteiger partial charge in [0.1, 0.15) is 0 Å². The molecule has 0 radical (unpaired) electrons. The van der Waals surface area contributed by atoms with E-state index >= 15 is 0 Å². The van der Waals surface area contributed by atoms with Crippen LogP contribution in [-0.2, 0) is 12.8 Å². The normalized spacial score (nSPS) is 15.9. The highest BCUT2D eigenvalue weighted by Crippen LogP contribution is 2.56. The first-order valence-corrected chi connectivity index (χ1v) is 8.91. The van der Waals surface area contributed by atoms with Crippen molar-refractivity contribution in [3.05, 3.63) is 81.4 Å². The Morgan fingerprint density at radius 2 is 1.15 bits per heavy atom. The van der Waals surface area contributed by atoms with Gasteiger partial charge < -0.3 is 0 Å². The van der Waals surface area contributed by atoms with Gasteiger partial charge in [-0.15, -0.1) is 0 Å². The molecular formula is C19H17P. The van der Waals surface area contributed by atoms with Crippen molar-refractivity contribution in [2.24, 2.45) is 0 Å². The lowest BCUT2D eigenvalue weighted by molar-refractivity contribution is 1.26. The summed E-state index contributed by atoms with van der Waals surface area (Å²) in [7, 11) is -0.153. The fourth-order valence-electron chi connectivity index (χ4n) is 3.14. The van der Waals surface area contributed by atoms with Crippen molar-refractivity contribution >= 4 is 20.1 Å². The number of hydrogen-bond acceptors (Lipinski definition) is 0. The summed E-state index contributed by atoms with van der Waals surface area (Å²) in [5, 5.41) is 3.25. The molecule has 1 heteroatoms. The van der Waals surface area contributed by atoms with Gasteiger partial charge in [0.15, 0.2) is 0 Å². The van der Waals surface area contributed by atoms with E-state index in [1.54, 1.807) is 10.6 Å². The highest BCUT2D eigenvalue weighted by Gasteiger charge is 2.23. The zero-order chi connectivity index (χ0) is 13.5. The zero-order valence-corrected chi connectivity index (χ0v) is 12.5. The van der Waals surface area contributed by atoms with E-state index in [9.17, 15) is 0 Å². The topological polar surface area (TPSA) is 0 Å². The number of allylic oxidation sites excluding steroid dienone is 2. The molecule has 0 spiro atoms. The van der Waals surface area contributed by atoms with Crippen LogP contribution in [0.4, 0.5) is 0 Å². The lowest BCUT2D eigenvalue weighted by atomic mass is 10.1. The van der Waals surface area contributed by atoms with E-state index < -0.39 is 0 Å². The van der Waals surface area contributed by atoms with Gasteiger partial charge in [0.25, 0.3) is 0 Å². The summed E-state index contributed by atoms with van der Waals surface area (Å²) < 4.78 is 0. The molecule has 0 aliphatic heterocycles. The Bertz CT molecular complexity index is 673. The summed E-state index contributed by atoms with van der Waals surface area (Å²) >= 11 is 0. The van der Waals surface area contributed by atoms with Crippen molar-refractivity contribution in [2.45, 2.75) is 12.8 Å². The molecule has 4 rings (SSSR count). The van der Waals surface area contributed by atoms with Gasteiger partial charge in [-0.3, -0.25) is 0 Å². The predicted octanol–water partition coefficient (Wildman–Crippen LogP) is 5.29. The van der Waals surface area contributed by atoms with Crippen molar-refractivity contribution in [2.75, 3.05) is 6.66 Å². The number of hydrogen-bond donors (Lipinski definition) is 0. The van der Waals surface area contributed by atoms with Crippen molar-refractivity contribution in [1.29, 1.82) is 0 Å². The van der Waals surface area contributed by atoms with Crippen LogP contribution in [-0.4, -0.2) is 6.66 Å². The summed E-state index contributed by atoms with van der Waals surface area (Å²) in [5.74, 6) is 0. The van der Waals surface area contributed by atoms with Gasteiger partial charge in [0.2, 0.25) is 0 Å². The van der Waals surface area contributed by atoms with Gasteiger partial charge in [-0.1, -0.05) is 68.6 Å². The average molecular weight is 276 g/mol. The first-order chi connectivity index (χ1) is 9.81. The fraction of sp³-hybridized carbons (Fsp3) is 0.158. The summed E-state index contributed by atoms with van der Waals surface area (Å²) in [6.07, 6.45) is 7.13. The Morgan fingerprint density at radius 1 is 0.700 bits per heavy atom. The van der Waals surface area contributed by atoms with Gasteiger partial charge >= 0.3 is 0 Å². The molecule has 0 atom stereocenters. The summed E-state index contributed by atoms with van der Waals surface area (Å²) in [4.78, 5) is 0. The highest BCUT2D eigenvalue weighted by molar-refractivity contribution is 7.66. The van der Waals surface area contributed by atoms with E-state index in [0.29, 0.717) is 0 Å². The highest BCUT2D eigenvalue weighted by atomic mass is 31.1. The van der Waals surface area contributed by atoms with Gasteiger partial charge in [-0.2, -0.15) is 0 Å². The number of fused-ring (bicyclic) bond motifs is 2. The van der Waals surface area contributed by atoms with Crippen LogP contribution in [0.15, 0.2) is 59.2 Å². The molecule has 0 bridgehead atoms. The van der Waals surface area contributed by atoms with Gasteiger partial charge in [-0.05, 0) is 52.4 Å². The lowest BCUT2D eigenvalue weighted by Gasteiger charge is -2.15. The first-order valence-electron chi connectivity index (χ1n) is 7.12. The molecule has 0 aromatic heterocycles. The van der Waals surface area contributed by atoms with Crippen molar-refractivity contribution < 1.29 is 0 Å². The molecule has 2 aliphatic carbocycles. The Kier molecular flexibility index (Phi) is 2.86. The minimum Gasteiger partial charge on any atom is -0.0619 e. The summed E-state index contributed by atoms with van der Waals surface area (Å²) in [6, 6.07) is 17.6. The minimum atomic E-state index is -0.153. The molecule has 0 fully saturated rings. The van der Waals surface area contributed by atoms with Gasteiger partial charge in [-0.25, -0.2) is 0 Å². The van der Waals surface area contributed by atoms with E-state index in [-0.39, 0.29) is 7.92 Å². The molecule has 0 unspecified atom stereocenters. The van der Waals surface area contributed by atoms with Crippen LogP contribution in [0.25, 0.3) is 12.2 Å². The Labute approximate surface area is 121 Å². The second kappa shape index (κ2) is 4.72. The maximum absolute atomic E-state index is 2.42. The standard InChI is InChI=1S/C19H17P/c1-20(18-10-14-6-2-3-7-15(14)11-18)19-12-16-8-4-5-9-17(16)13-19/h2-10,12H,11,13H2,1H3. The molecule has 0 saturated carbocycles. The van der Waals surface area contributed by atoms with Crippen LogP contribution in [0.1, 0.15) is 22.3 Å². The number of rotatable bonds is 2. The lowest BCUT2D eigenvalue weighted by Crippen LogP contribution is -1.87. The second-order valence-electron chi connectivity index (χ2n) is 5.58. The van der Waals surface area contributed by atoms with Crippen molar-refractivity contribution in [3.63, 3.8) is 0 Å². The fourth-order valence-corrected chi connectivity index (χ4v) is 4.99. The van der Waals surface area contributed by atoms with E-state index in [1.165, 1.54) is 22.3 Å². The monoisotopic (exact) mass is 276 g/mol. The van der Waals surface area contributed by atoms with Crippen LogP contribution < -0.4 is 0 Å². The van der Waals surface area contributed by atoms with E-state index in [0.717, 1.165) is 12.8 Å². The minimum absolute atomic E-state index is 0.153. The van der Waals surface area contributed by atoms with E-state index in [1.807, 2.05) is 0 Å². The van der Waals surface area contributed by atoms with Crippen LogP contribution in [0.3, 0.4) is 0 Å². The van der Waals surface area contributed by atoms with Crippen LogP contribution in [0.2, 0.25) is 0 Å². The molecule has 0 N–H and O–H groups in total. The molecule has 2 aromatic rings. The average Bonchev–Trinajstić information content (AvgIpc) is 3.10. The van der Waals surface area contributed by atoms with Crippen LogP contribution >= 0.6 is 7.92 Å². The molecule has 2 aliphatic rings. The Hall–Kier alpha value is -1.65. The van der Waals surface area contributed by atoms with E-state index in [4.69, 9.17) is 0 Å². The van der Waals surface area contributed by atoms with Gasteiger partial charge in [0, 0.05) is 0 Å². The third-order valence-corrected chi connectivity index (χ3v) is 6.66. The molecule has 98 valence electrons. The Morgan fingerprint density at radius 3 is 1.60 bits per heavy atom. The van der Waals surface area contributed by atoms with Crippen molar-refractivity contribution in [3.8, 4) is 0 Å². The molecule has 2 aromatic carbocycles.